The molecule has 0 N–H and O–H groups in total. The highest BCUT2D eigenvalue weighted by Gasteiger charge is 1.98. The predicted molar refractivity (Wildman–Crippen MR) is 40.8 cm³/mol. The lowest BCUT2D eigenvalue weighted by molar-refractivity contribution is 0.574. The fourth-order valence-corrected chi connectivity index (χ4v) is 0.883. The third kappa shape index (κ3) is 1.15. The van der Waals surface area contributed by atoms with Gasteiger partial charge in [0.15, 0.2) is 0 Å². The summed E-state index contributed by atoms with van der Waals surface area (Å²) in [5.74, 6) is 0.616. The van der Waals surface area contributed by atoms with E-state index in [9.17, 15) is 0 Å². The molecule has 2 nitrogen and oxygen atoms in total. The minimum atomic E-state index is 0.616. The van der Waals surface area contributed by atoms with Crippen molar-refractivity contribution in [3.8, 4) is 11.5 Å². The Balaban J connectivity index is 2.46. The van der Waals surface area contributed by atoms with E-state index in [1.807, 2.05) is 24.3 Å². The second-order valence-electron chi connectivity index (χ2n) is 2.11. The number of benzene rings is 1. The van der Waals surface area contributed by atoms with Gasteiger partial charge in [0.05, 0.1) is 6.20 Å². The van der Waals surface area contributed by atoms with E-state index in [1.165, 1.54) is 0 Å². The second-order valence-corrected chi connectivity index (χ2v) is 2.11. The van der Waals surface area contributed by atoms with Gasteiger partial charge in [-0.1, -0.05) is 18.2 Å². The minimum absolute atomic E-state index is 0.616. The fraction of sp³-hybridized carbons (Fsp3) is 0. The molecule has 2 aromatic rings. The van der Waals surface area contributed by atoms with Crippen LogP contribution in [0.2, 0.25) is 0 Å². The molecule has 0 atom stereocenters. The van der Waals surface area contributed by atoms with Crippen molar-refractivity contribution in [2.75, 3.05) is 0 Å². The van der Waals surface area contributed by atoms with Crippen LogP contribution in [0, 0.1) is 6.07 Å². The van der Waals surface area contributed by atoms with E-state index < -0.39 is 0 Å². The van der Waals surface area contributed by atoms with Crippen molar-refractivity contribution in [2.45, 2.75) is 0 Å². The molecule has 11 heavy (non-hydrogen) atoms. The zero-order valence-corrected chi connectivity index (χ0v) is 5.82. The standard InChI is InChI=1S/C9H6NO/c1-2-4-8(5-3-1)9-10-6-7-11-9/h1-4,6-7H. The maximum Gasteiger partial charge on any atom is 0.226 e. The average molecular weight is 144 g/mol. The molecule has 0 saturated heterocycles. The molecule has 0 aliphatic rings. The molecular formula is C9H6NO. The first kappa shape index (κ1) is 6.16. The third-order valence-electron chi connectivity index (χ3n) is 1.37. The summed E-state index contributed by atoms with van der Waals surface area (Å²) in [5, 5.41) is 0. The Morgan fingerprint density at radius 3 is 3.00 bits per heavy atom. The summed E-state index contributed by atoms with van der Waals surface area (Å²) in [5.41, 5.74) is 0.887. The maximum absolute atomic E-state index is 5.08. The highest BCUT2D eigenvalue weighted by Crippen LogP contribution is 2.14. The van der Waals surface area contributed by atoms with Gasteiger partial charge in [-0.2, -0.15) is 0 Å². The first-order valence-corrected chi connectivity index (χ1v) is 3.33. The SMILES string of the molecule is [c]1ccccc1-c1ncco1. The molecule has 0 spiro atoms. The molecule has 0 bridgehead atoms. The highest BCUT2D eigenvalue weighted by molar-refractivity contribution is 5.50. The zero-order chi connectivity index (χ0) is 7.52. The Morgan fingerprint density at radius 2 is 2.36 bits per heavy atom. The molecular weight excluding hydrogens is 138 g/mol. The third-order valence-corrected chi connectivity index (χ3v) is 1.37. The lowest BCUT2D eigenvalue weighted by Gasteiger charge is -1.90. The number of rotatable bonds is 1. The van der Waals surface area contributed by atoms with E-state index in [1.54, 1.807) is 12.5 Å². The molecule has 0 aliphatic heterocycles. The molecule has 1 heterocycles. The van der Waals surface area contributed by atoms with E-state index in [-0.39, 0.29) is 0 Å². The van der Waals surface area contributed by atoms with Gasteiger partial charge in [0.1, 0.15) is 6.26 Å². The van der Waals surface area contributed by atoms with Gasteiger partial charge in [0.25, 0.3) is 0 Å². The van der Waals surface area contributed by atoms with E-state index in [2.05, 4.69) is 11.1 Å². The molecule has 0 amide bonds. The van der Waals surface area contributed by atoms with Crippen LogP contribution in [0.4, 0.5) is 0 Å². The largest absolute Gasteiger partial charge is 0.445 e. The molecule has 1 radical (unpaired) electrons. The van der Waals surface area contributed by atoms with E-state index in [0.29, 0.717) is 5.89 Å². The van der Waals surface area contributed by atoms with Crippen molar-refractivity contribution >= 4 is 0 Å². The van der Waals surface area contributed by atoms with E-state index in [0.717, 1.165) is 5.56 Å². The van der Waals surface area contributed by atoms with Crippen LogP contribution in [0.25, 0.3) is 11.5 Å². The predicted octanol–water partition coefficient (Wildman–Crippen LogP) is 2.14. The number of nitrogens with zero attached hydrogens (tertiary/aromatic N) is 1. The normalized spacial score (nSPS) is 9.82. The Kier molecular flexibility index (Phi) is 1.44. The van der Waals surface area contributed by atoms with Gasteiger partial charge in [-0.05, 0) is 12.1 Å². The monoisotopic (exact) mass is 144 g/mol. The summed E-state index contributed by atoms with van der Waals surface area (Å²) in [4.78, 5) is 3.99. The summed E-state index contributed by atoms with van der Waals surface area (Å²) in [6, 6.07) is 10.6. The van der Waals surface area contributed by atoms with Gasteiger partial charge < -0.3 is 4.42 Å². The number of oxazole rings is 1. The topological polar surface area (TPSA) is 26.0 Å². The van der Waals surface area contributed by atoms with Crippen LogP contribution in [0.5, 0.6) is 0 Å². The minimum Gasteiger partial charge on any atom is -0.445 e. The number of hydrogen-bond acceptors (Lipinski definition) is 2. The van der Waals surface area contributed by atoms with Crippen LogP contribution in [0.15, 0.2) is 41.1 Å². The van der Waals surface area contributed by atoms with Crippen LogP contribution in [0.3, 0.4) is 0 Å². The molecule has 0 unspecified atom stereocenters. The van der Waals surface area contributed by atoms with Crippen molar-refractivity contribution in [3.05, 3.63) is 42.8 Å². The Labute approximate surface area is 64.5 Å². The first-order valence-electron chi connectivity index (χ1n) is 3.33. The van der Waals surface area contributed by atoms with E-state index >= 15 is 0 Å². The van der Waals surface area contributed by atoms with E-state index in [4.69, 9.17) is 4.42 Å². The molecule has 1 aromatic carbocycles. The Hall–Kier alpha value is -1.57. The fourth-order valence-electron chi connectivity index (χ4n) is 0.883. The van der Waals surface area contributed by atoms with Gasteiger partial charge in [0, 0.05) is 5.56 Å². The Morgan fingerprint density at radius 1 is 1.36 bits per heavy atom. The lowest BCUT2D eigenvalue weighted by Crippen LogP contribution is -1.74. The summed E-state index contributed by atoms with van der Waals surface area (Å²) in [6.45, 7) is 0. The van der Waals surface area contributed by atoms with Crippen molar-refractivity contribution in [2.24, 2.45) is 0 Å². The molecule has 0 aliphatic carbocycles. The molecule has 0 saturated carbocycles. The maximum atomic E-state index is 5.08. The Bertz CT molecular complexity index is 313. The summed E-state index contributed by atoms with van der Waals surface area (Å²) >= 11 is 0. The molecule has 1 aromatic heterocycles. The van der Waals surface area contributed by atoms with Crippen molar-refractivity contribution in [1.82, 2.24) is 4.98 Å². The van der Waals surface area contributed by atoms with Crippen LogP contribution in [-0.2, 0) is 0 Å². The zero-order valence-electron chi connectivity index (χ0n) is 5.82. The number of aromatic nitrogens is 1. The smallest absolute Gasteiger partial charge is 0.226 e. The van der Waals surface area contributed by atoms with Gasteiger partial charge in [-0.3, -0.25) is 0 Å². The van der Waals surface area contributed by atoms with Crippen molar-refractivity contribution in [1.29, 1.82) is 0 Å². The summed E-state index contributed by atoms with van der Waals surface area (Å²) in [6.07, 6.45) is 3.17. The molecule has 0 fully saturated rings. The van der Waals surface area contributed by atoms with Crippen LogP contribution < -0.4 is 0 Å². The quantitative estimate of drug-likeness (QED) is 0.612. The lowest BCUT2D eigenvalue weighted by atomic mass is 10.2. The first-order chi connectivity index (χ1) is 5.47. The van der Waals surface area contributed by atoms with Crippen LogP contribution in [-0.4, -0.2) is 4.98 Å². The summed E-state index contributed by atoms with van der Waals surface area (Å²) < 4.78 is 5.08. The van der Waals surface area contributed by atoms with Crippen molar-refractivity contribution < 1.29 is 4.42 Å². The van der Waals surface area contributed by atoms with Crippen LogP contribution in [0.1, 0.15) is 0 Å². The molecule has 2 heteroatoms. The second kappa shape index (κ2) is 2.58. The molecule has 2 rings (SSSR count). The van der Waals surface area contributed by atoms with Gasteiger partial charge in [-0.25, -0.2) is 4.98 Å². The average Bonchev–Trinajstić information content (AvgIpc) is 2.58. The van der Waals surface area contributed by atoms with Crippen LogP contribution >= 0.6 is 0 Å². The van der Waals surface area contributed by atoms with Gasteiger partial charge >= 0.3 is 0 Å². The van der Waals surface area contributed by atoms with Gasteiger partial charge in [-0.15, -0.1) is 0 Å². The highest BCUT2D eigenvalue weighted by atomic mass is 16.3. The number of hydrogen-bond donors (Lipinski definition) is 0. The molecule has 53 valence electrons. The summed E-state index contributed by atoms with van der Waals surface area (Å²) in [7, 11) is 0. The van der Waals surface area contributed by atoms with Gasteiger partial charge in [0.2, 0.25) is 5.89 Å². The van der Waals surface area contributed by atoms with Crippen molar-refractivity contribution in [3.63, 3.8) is 0 Å².